The van der Waals surface area contributed by atoms with Gasteiger partial charge in [0, 0.05) is 19.1 Å². The summed E-state index contributed by atoms with van der Waals surface area (Å²) in [5.74, 6) is 3.91. The summed E-state index contributed by atoms with van der Waals surface area (Å²) >= 11 is 0. The molecule has 3 aliphatic carbocycles. The van der Waals surface area contributed by atoms with Gasteiger partial charge in [-0.15, -0.1) is 0 Å². The Labute approximate surface area is 119 Å². The summed E-state index contributed by atoms with van der Waals surface area (Å²) in [6.07, 6.45) is 12.9. The standard InChI is InChI=1S/C17H32N2/c1-19(11-15-5-3-2-4-6-17(15)18)12-16-10-13-7-8-14(16)9-13/h13-17H,2-12,18H2,1H3. The van der Waals surface area contributed by atoms with Crippen molar-refractivity contribution in [3.05, 3.63) is 0 Å². The van der Waals surface area contributed by atoms with Gasteiger partial charge in [0.1, 0.15) is 0 Å². The Hall–Kier alpha value is -0.0800. The van der Waals surface area contributed by atoms with Gasteiger partial charge in [-0.3, -0.25) is 0 Å². The van der Waals surface area contributed by atoms with Crippen LogP contribution in [0.4, 0.5) is 0 Å². The van der Waals surface area contributed by atoms with Crippen LogP contribution < -0.4 is 5.73 Å². The van der Waals surface area contributed by atoms with Gasteiger partial charge in [-0.2, -0.15) is 0 Å². The van der Waals surface area contributed by atoms with E-state index in [0.29, 0.717) is 6.04 Å². The second kappa shape index (κ2) is 6.13. The van der Waals surface area contributed by atoms with Gasteiger partial charge in [0.25, 0.3) is 0 Å². The molecule has 2 heteroatoms. The summed E-state index contributed by atoms with van der Waals surface area (Å²) < 4.78 is 0. The molecule has 0 radical (unpaired) electrons. The molecule has 0 heterocycles. The first-order valence-electron chi connectivity index (χ1n) is 8.66. The Morgan fingerprint density at radius 3 is 2.42 bits per heavy atom. The molecule has 3 rings (SSSR count). The van der Waals surface area contributed by atoms with Crippen molar-refractivity contribution >= 4 is 0 Å². The number of nitrogens with zero attached hydrogens (tertiary/aromatic N) is 1. The number of hydrogen-bond acceptors (Lipinski definition) is 2. The highest BCUT2D eigenvalue weighted by atomic mass is 15.1. The fourth-order valence-electron chi connectivity index (χ4n) is 5.12. The zero-order valence-corrected chi connectivity index (χ0v) is 12.7. The van der Waals surface area contributed by atoms with E-state index in [1.807, 2.05) is 0 Å². The molecule has 5 unspecified atom stereocenters. The minimum absolute atomic E-state index is 0.463. The molecular weight excluding hydrogens is 232 g/mol. The minimum Gasteiger partial charge on any atom is -0.327 e. The predicted molar refractivity (Wildman–Crippen MR) is 81.0 cm³/mol. The maximum Gasteiger partial charge on any atom is 0.00793 e. The molecule has 2 nitrogen and oxygen atoms in total. The van der Waals surface area contributed by atoms with E-state index in [1.165, 1.54) is 64.5 Å². The molecule has 5 atom stereocenters. The van der Waals surface area contributed by atoms with Gasteiger partial charge >= 0.3 is 0 Å². The topological polar surface area (TPSA) is 29.3 Å². The number of fused-ring (bicyclic) bond motifs is 2. The van der Waals surface area contributed by atoms with Gasteiger partial charge < -0.3 is 10.6 Å². The molecule has 0 amide bonds. The number of rotatable bonds is 4. The zero-order valence-electron chi connectivity index (χ0n) is 12.7. The highest BCUT2D eigenvalue weighted by molar-refractivity contribution is 4.91. The first-order valence-corrected chi connectivity index (χ1v) is 8.66. The molecule has 0 aromatic rings. The summed E-state index contributed by atoms with van der Waals surface area (Å²) in [6.45, 7) is 2.58. The van der Waals surface area contributed by atoms with E-state index in [-0.39, 0.29) is 0 Å². The first kappa shape index (κ1) is 13.9. The monoisotopic (exact) mass is 264 g/mol. The lowest BCUT2D eigenvalue weighted by Crippen LogP contribution is -2.39. The highest BCUT2D eigenvalue weighted by Crippen LogP contribution is 2.48. The summed E-state index contributed by atoms with van der Waals surface area (Å²) in [6, 6.07) is 0.463. The van der Waals surface area contributed by atoms with E-state index in [1.54, 1.807) is 6.42 Å². The van der Waals surface area contributed by atoms with Gasteiger partial charge in [0.2, 0.25) is 0 Å². The summed E-state index contributed by atoms with van der Waals surface area (Å²) in [5, 5.41) is 0. The minimum atomic E-state index is 0.463. The van der Waals surface area contributed by atoms with E-state index < -0.39 is 0 Å². The van der Waals surface area contributed by atoms with Crippen LogP contribution in [0.5, 0.6) is 0 Å². The molecule has 19 heavy (non-hydrogen) atoms. The lowest BCUT2D eigenvalue weighted by Gasteiger charge is -2.31. The third-order valence-corrected chi connectivity index (χ3v) is 6.19. The van der Waals surface area contributed by atoms with Crippen molar-refractivity contribution in [1.29, 1.82) is 0 Å². The smallest absolute Gasteiger partial charge is 0.00793 e. The Kier molecular flexibility index (Phi) is 4.48. The normalized spacial score (nSPS) is 42.8. The maximum absolute atomic E-state index is 6.37. The number of hydrogen-bond donors (Lipinski definition) is 1. The van der Waals surface area contributed by atoms with Gasteiger partial charge in [-0.25, -0.2) is 0 Å². The van der Waals surface area contributed by atoms with Gasteiger partial charge in [-0.1, -0.05) is 25.7 Å². The zero-order chi connectivity index (χ0) is 13.2. The molecule has 3 saturated carbocycles. The summed E-state index contributed by atoms with van der Waals surface area (Å²) in [5.41, 5.74) is 6.37. The van der Waals surface area contributed by atoms with Crippen LogP contribution in [-0.4, -0.2) is 31.1 Å². The van der Waals surface area contributed by atoms with Crippen molar-refractivity contribution < 1.29 is 0 Å². The van der Waals surface area contributed by atoms with Gasteiger partial charge in [0.05, 0.1) is 0 Å². The molecule has 0 aromatic carbocycles. The number of nitrogens with two attached hydrogens (primary N) is 1. The predicted octanol–water partition coefficient (Wildman–Crippen LogP) is 3.26. The quantitative estimate of drug-likeness (QED) is 0.790. The second-order valence-corrected chi connectivity index (χ2v) is 7.72. The largest absolute Gasteiger partial charge is 0.327 e. The third kappa shape index (κ3) is 3.33. The SMILES string of the molecule is CN(CC1CCCCCC1N)CC1CC2CCC1C2. The Morgan fingerprint density at radius 2 is 1.68 bits per heavy atom. The van der Waals surface area contributed by atoms with Crippen molar-refractivity contribution in [3.63, 3.8) is 0 Å². The van der Waals surface area contributed by atoms with Crippen LogP contribution in [0.2, 0.25) is 0 Å². The van der Waals surface area contributed by atoms with Gasteiger partial charge in [0.15, 0.2) is 0 Å². The molecule has 110 valence electrons. The average Bonchev–Trinajstić information content (AvgIpc) is 2.93. The van der Waals surface area contributed by atoms with E-state index >= 15 is 0 Å². The Morgan fingerprint density at radius 1 is 0.895 bits per heavy atom. The molecule has 2 N–H and O–H groups in total. The molecule has 0 spiro atoms. The molecule has 3 aliphatic rings. The van der Waals surface area contributed by atoms with E-state index in [2.05, 4.69) is 11.9 Å². The summed E-state index contributed by atoms with van der Waals surface area (Å²) in [7, 11) is 2.34. The lowest BCUT2D eigenvalue weighted by molar-refractivity contribution is 0.183. The van der Waals surface area contributed by atoms with Crippen molar-refractivity contribution in [3.8, 4) is 0 Å². The van der Waals surface area contributed by atoms with Crippen LogP contribution in [-0.2, 0) is 0 Å². The molecule has 0 aliphatic heterocycles. The van der Waals surface area contributed by atoms with Crippen molar-refractivity contribution in [2.75, 3.05) is 20.1 Å². The third-order valence-electron chi connectivity index (χ3n) is 6.19. The molecule has 0 aromatic heterocycles. The Balaban J connectivity index is 1.46. The highest BCUT2D eigenvalue weighted by Gasteiger charge is 2.39. The van der Waals surface area contributed by atoms with E-state index in [9.17, 15) is 0 Å². The Bertz CT molecular complexity index is 291. The molecule has 0 saturated heterocycles. The van der Waals surface area contributed by atoms with E-state index in [4.69, 9.17) is 5.73 Å². The second-order valence-electron chi connectivity index (χ2n) is 7.72. The van der Waals surface area contributed by atoms with Crippen LogP contribution in [0.25, 0.3) is 0 Å². The molecule has 2 bridgehead atoms. The maximum atomic E-state index is 6.37. The lowest BCUT2D eigenvalue weighted by atomic mass is 9.88. The van der Waals surface area contributed by atoms with E-state index in [0.717, 1.165) is 23.7 Å². The van der Waals surface area contributed by atoms with Gasteiger partial charge in [-0.05, 0) is 62.8 Å². The fraction of sp³-hybridized carbons (Fsp3) is 1.00. The first-order chi connectivity index (χ1) is 9.22. The van der Waals surface area contributed by atoms with Crippen LogP contribution in [0.15, 0.2) is 0 Å². The van der Waals surface area contributed by atoms with Crippen molar-refractivity contribution in [2.45, 2.75) is 63.8 Å². The average molecular weight is 264 g/mol. The van der Waals surface area contributed by atoms with Crippen LogP contribution in [0.1, 0.15) is 57.8 Å². The summed E-state index contributed by atoms with van der Waals surface area (Å²) in [4.78, 5) is 2.61. The van der Waals surface area contributed by atoms with Crippen LogP contribution >= 0.6 is 0 Å². The molecular formula is C17H32N2. The van der Waals surface area contributed by atoms with Crippen molar-refractivity contribution in [2.24, 2.45) is 29.4 Å². The van der Waals surface area contributed by atoms with Crippen molar-refractivity contribution in [1.82, 2.24) is 4.90 Å². The molecule has 3 fully saturated rings. The van der Waals surface area contributed by atoms with Crippen LogP contribution in [0.3, 0.4) is 0 Å². The fourth-order valence-corrected chi connectivity index (χ4v) is 5.12. The van der Waals surface area contributed by atoms with Crippen LogP contribution in [0, 0.1) is 23.7 Å².